The number of amides is 1. The molecule has 0 aliphatic heterocycles. The fourth-order valence-corrected chi connectivity index (χ4v) is 1.65. The molecule has 0 saturated heterocycles. The van der Waals surface area contributed by atoms with Crippen LogP contribution in [0.5, 0.6) is 0 Å². The third kappa shape index (κ3) is 2.82. The first-order valence-corrected chi connectivity index (χ1v) is 5.39. The summed E-state index contributed by atoms with van der Waals surface area (Å²) in [4.78, 5) is 21.1. The largest absolute Gasteiger partial charge is 0.358 e. The van der Waals surface area contributed by atoms with Crippen molar-refractivity contribution in [3.63, 3.8) is 0 Å². The second-order valence-corrected chi connectivity index (χ2v) is 3.71. The molecule has 1 N–H and O–H groups in total. The number of likely N-dealkylation sites (N-methyl/N-ethyl adjacent to an activating group) is 2. The SMILES string of the molecule is CCc1c(Cl)ncnc1N(C)CC(=O)NC. The first-order valence-electron chi connectivity index (χ1n) is 5.01. The predicted molar refractivity (Wildman–Crippen MR) is 63.8 cm³/mol. The molecule has 1 rings (SSSR count). The summed E-state index contributed by atoms with van der Waals surface area (Å²) < 4.78 is 0. The Labute approximate surface area is 99.8 Å². The lowest BCUT2D eigenvalue weighted by Gasteiger charge is -2.19. The van der Waals surface area contributed by atoms with Crippen LogP contribution in [0.3, 0.4) is 0 Å². The van der Waals surface area contributed by atoms with E-state index < -0.39 is 0 Å². The van der Waals surface area contributed by atoms with Gasteiger partial charge in [0.05, 0.1) is 6.54 Å². The van der Waals surface area contributed by atoms with E-state index in [1.165, 1.54) is 6.33 Å². The fraction of sp³-hybridized carbons (Fsp3) is 0.500. The van der Waals surface area contributed by atoms with Gasteiger partial charge >= 0.3 is 0 Å². The number of carbonyl (C=O) groups is 1. The van der Waals surface area contributed by atoms with Crippen LogP contribution >= 0.6 is 11.6 Å². The maximum atomic E-state index is 11.3. The number of aromatic nitrogens is 2. The highest BCUT2D eigenvalue weighted by molar-refractivity contribution is 6.30. The molecule has 1 aromatic rings. The lowest BCUT2D eigenvalue weighted by atomic mass is 10.2. The van der Waals surface area contributed by atoms with Crippen LogP contribution in [-0.4, -0.2) is 36.5 Å². The van der Waals surface area contributed by atoms with Gasteiger partial charge in [0.25, 0.3) is 0 Å². The Balaban J connectivity index is 2.94. The molecular formula is C10H15ClN4O. The summed E-state index contributed by atoms with van der Waals surface area (Å²) in [5.74, 6) is 0.630. The maximum absolute atomic E-state index is 11.3. The molecule has 88 valence electrons. The Bertz CT molecular complexity index is 383. The number of carbonyl (C=O) groups excluding carboxylic acids is 1. The molecule has 0 bridgehead atoms. The maximum Gasteiger partial charge on any atom is 0.239 e. The molecule has 6 heteroatoms. The van der Waals surface area contributed by atoms with Crippen LogP contribution in [-0.2, 0) is 11.2 Å². The van der Waals surface area contributed by atoms with E-state index in [4.69, 9.17) is 11.6 Å². The summed E-state index contributed by atoms with van der Waals surface area (Å²) in [6, 6.07) is 0. The lowest BCUT2D eigenvalue weighted by Crippen LogP contribution is -2.34. The molecule has 0 fully saturated rings. The molecule has 0 aromatic carbocycles. The quantitative estimate of drug-likeness (QED) is 0.797. The molecule has 5 nitrogen and oxygen atoms in total. The molecule has 0 radical (unpaired) electrons. The standard InChI is InChI=1S/C10H15ClN4O/c1-4-7-9(11)13-6-14-10(7)15(3)5-8(16)12-2/h6H,4-5H2,1-3H3,(H,12,16). The van der Waals surface area contributed by atoms with E-state index in [1.807, 2.05) is 6.92 Å². The van der Waals surface area contributed by atoms with E-state index in [0.29, 0.717) is 11.0 Å². The van der Waals surface area contributed by atoms with Gasteiger partial charge in [0.15, 0.2) is 0 Å². The van der Waals surface area contributed by atoms with Crippen molar-refractivity contribution in [2.75, 3.05) is 25.5 Å². The van der Waals surface area contributed by atoms with Gasteiger partial charge in [-0.15, -0.1) is 0 Å². The van der Waals surface area contributed by atoms with Gasteiger partial charge in [0.2, 0.25) is 5.91 Å². The Kier molecular flexibility index (Phi) is 4.49. The van der Waals surface area contributed by atoms with Crippen molar-refractivity contribution in [3.8, 4) is 0 Å². The molecule has 1 amide bonds. The van der Waals surface area contributed by atoms with E-state index in [1.54, 1.807) is 19.0 Å². The lowest BCUT2D eigenvalue weighted by molar-refractivity contribution is -0.119. The highest BCUT2D eigenvalue weighted by Crippen LogP contribution is 2.22. The van der Waals surface area contributed by atoms with Crippen LogP contribution < -0.4 is 10.2 Å². The van der Waals surface area contributed by atoms with Gasteiger partial charge in [-0.05, 0) is 6.42 Å². The number of nitrogens with one attached hydrogen (secondary N) is 1. The summed E-state index contributed by atoms with van der Waals surface area (Å²) >= 11 is 5.97. The van der Waals surface area contributed by atoms with Gasteiger partial charge in [-0.3, -0.25) is 4.79 Å². The number of hydrogen-bond donors (Lipinski definition) is 1. The van der Waals surface area contributed by atoms with Gasteiger partial charge in [-0.1, -0.05) is 18.5 Å². The van der Waals surface area contributed by atoms with Crippen LogP contribution in [0.15, 0.2) is 6.33 Å². The van der Waals surface area contributed by atoms with Crippen molar-refractivity contribution in [1.82, 2.24) is 15.3 Å². The molecule has 0 unspecified atom stereocenters. The van der Waals surface area contributed by atoms with Gasteiger partial charge in [0, 0.05) is 19.7 Å². The van der Waals surface area contributed by atoms with Crippen LogP contribution in [0.1, 0.15) is 12.5 Å². The summed E-state index contributed by atoms with van der Waals surface area (Å²) in [6.45, 7) is 2.22. The van der Waals surface area contributed by atoms with Crippen molar-refractivity contribution >= 4 is 23.3 Å². The summed E-state index contributed by atoms with van der Waals surface area (Å²) in [6.07, 6.45) is 2.13. The Morgan fingerprint density at radius 1 is 1.56 bits per heavy atom. The summed E-state index contributed by atoms with van der Waals surface area (Å²) in [5.41, 5.74) is 0.857. The molecule has 0 spiro atoms. The van der Waals surface area contributed by atoms with Crippen LogP contribution in [0.25, 0.3) is 0 Å². The molecule has 0 aliphatic carbocycles. The van der Waals surface area contributed by atoms with Crippen molar-refractivity contribution in [2.45, 2.75) is 13.3 Å². The fourth-order valence-electron chi connectivity index (χ4n) is 1.38. The van der Waals surface area contributed by atoms with Gasteiger partial charge < -0.3 is 10.2 Å². The molecule has 16 heavy (non-hydrogen) atoms. The van der Waals surface area contributed by atoms with E-state index in [0.717, 1.165) is 12.0 Å². The van der Waals surface area contributed by atoms with Gasteiger partial charge in [-0.25, -0.2) is 9.97 Å². The average molecular weight is 243 g/mol. The van der Waals surface area contributed by atoms with Crippen LogP contribution in [0.2, 0.25) is 5.15 Å². The zero-order valence-corrected chi connectivity index (χ0v) is 10.4. The molecule has 0 aliphatic rings. The number of nitrogens with zero attached hydrogens (tertiary/aromatic N) is 3. The minimum atomic E-state index is -0.0701. The Morgan fingerprint density at radius 2 is 2.25 bits per heavy atom. The zero-order chi connectivity index (χ0) is 12.1. The predicted octanol–water partition coefficient (Wildman–Crippen LogP) is 0.875. The second-order valence-electron chi connectivity index (χ2n) is 3.35. The summed E-state index contributed by atoms with van der Waals surface area (Å²) in [7, 11) is 3.40. The van der Waals surface area contributed by atoms with E-state index in [9.17, 15) is 4.79 Å². The molecular weight excluding hydrogens is 228 g/mol. The van der Waals surface area contributed by atoms with Crippen LogP contribution in [0, 0.1) is 0 Å². The summed E-state index contributed by atoms with van der Waals surface area (Å²) in [5, 5.41) is 3.00. The first kappa shape index (κ1) is 12.7. The van der Waals surface area contributed by atoms with E-state index in [2.05, 4.69) is 15.3 Å². The third-order valence-electron chi connectivity index (χ3n) is 2.24. The number of anilines is 1. The van der Waals surface area contributed by atoms with E-state index >= 15 is 0 Å². The van der Waals surface area contributed by atoms with Crippen molar-refractivity contribution in [1.29, 1.82) is 0 Å². The topological polar surface area (TPSA) is 58.1 Å². The highest BCUT2D eigenvalue weighted by Gasteiger charge is 2.13. The van der Waals surface area contributed by atoms with E-state index in [-0.39, 0.29) is 12.5 Å². The number of halogens is 1. The third-order valence-corrected chi connectivity index (χ3v) is 2.57. The van der Waals surface area contributed by atoms with Gasteiger partial charge in [0.1, 0.15) is 17.3 Å². The van der Waals surface area contributed by atoms with Crippen LogP contribution in [0.4, 0.5) is 5.82 Å². The Hall–Kier alpha value is -1.36. The highest BCUT2D eigenvalue weighted by atomic mass is 35.5. The minimum absolute atomic E-state index is 0.0701. The molecule has 0 atom stereocenters. The molecule has 1 aromatic heterocycles. The first-order chi connectivity index (χ1) is 7.60. The van der Waals surface area contributed by atoms with Crippen molar-refractivity contribution < 1.29 is 4.79 Å². The van der Waals surface area contributed by atoms with Crippen molar-refractivity contribution in [3.05, 3.63) is 17.0 Å². The minimum Gasteiger partial charge on any atom is -0.358 e. The number of hydrogen-bond acceptors (Lipinski definition) is 4. The normalized spacial score (nSPS) is 10.0. The smallest absolute Gasteiger partial charge is 0.239 e. The average Bonchev–Trinajstić information content (AvgIpc) is 2.28. The monoisotopic (exact) mass is 242 g/mol. The second kappa shape index (κ2) is 5.65. The van der Waals surface area contributed by atoms with Gasteiger partial charge in [-0.2, -0.15) is 0 Å². The Morgan fingerprint density at radius 3 is 2.81 bits per heavy atom. The number of rotatable bonds is 4. The van der Waals surface area contributed by atoms with Crippen molar-refractivity contribution in [2.24, 2.45) is 0 Å². The zero-order valence-electron chi connectivity index (χ0n) is 9.62. The molecule has 1 heterocycles. The molecule has 0 saturated carbocycles.